The lowest BCUT2D eigenvalue weighted by Crippen LogP contribution is -2.31. The van der Waals surface area contributed by atoms with Gasteiger partial charge in [-0.3, -0.25) is 4.79 Å². The topological polar surface area (TPSA) is 41.1 Å². The third-order valence-electron chi connectivity index (χ3n) is 3.42. The van der Waals surface area contributed by atoms with E-state index in [0.717, 1.165) is 19.4 Å². The molecule has 2 atom stereocenters. The Balaban J connectivity index is 0.000000771. The van der Waals surface area contributed by atoms with Gasteiger partial charge in [0.25, 0.3) is 0 Å². The van der Waals surface area contributed by atoms with Gasteiger partial charge in [-0.15, -0.1) is 0 Å². The maximum absolute atomic E-state index is 13.2. The summed E-state index contributed by atoms with van der Waals surface area (Å²) in [4.78, 5) is 11.7. The first-order valence-corrected chi connectivity index (χ1v) is 7.06. The van der Waals surface area contributed by atoms with Gasteiger partial charge >= 0.3 is 0 Å². The van der Waals surface area contributed by atoms with E-state index in [1.165, 1.54) is 0 Å². The monoisotopic (exact) mass is 256 g/mol. The van der Waals surface area contributed by atoms with Gasteiger partial charge in [-0.05, 0) is 45.1 Å². The highest BCUT2D eigenvalue weighted by atomic mass is 19.1. The van der Waals surface area contributed by atoms with Gasteiger partial charge < -0.3 is 10.6 Å². The van der Waals surface area contributed by atoms with E-state index >= 15 is 0 Å². The van der Waals surface area contributed by atoms with Crippen molar-refractivity contribution in [3.8, 4) is 0 Å². The van der Waals surface area contributed by atoms with Gasteiger partial charge in [0.1, 0.15) is 5.83 Å². The van der Waals surface area contributed by atoms with Crippen molar-refractivity contribution in [1.29, 1.82) is 0 Å². The minimum Gasteiger partial charge on any atom is -0.352 e. The number of amides is 1. The SMILES string of the molecule is CC.CC1CC(CNC(=O)C2=C(F)CCC2)CN1. The van der Waals surface area contributed by atoms with Crippen molar-refractivity contribution in [2.45, 2.75) is 52.5 Å². The standard InChI is InChI=1S/C12H19FN2O.C2H6/c1-8-5-9(6-14-8)7-15-12(16)10-3-2-4-11(10)13;1-2/h8-9,14H,2-7H2,1H3,(H,15,16);1-2H3. The highest BCUT2D eigenvalue weighted by Crippen LogP contribution is 2.26. The van der Waals surface area contributed by atoms with Crippen LogP contribution in [0.5, 0.6) is 0 Å². The molecule has 2 N–H and O–H groups in total. The zero-order valence-electron chi connectivity index (χ0n) is 11.7. The number of hydrogen-bond donors (Lipinski definition) is 2. The van der Waals surface area contributed by atoms with Gasteiger partial charge in [0.05, 0.1) is 0 Å². The van der Waals surface area contributed by atoms with E-state index in [1.54, 1.807) is 0 Å². The highest BCUT2D eigenvalue weighted by molar-refractivity contribution is 5.94. The number of rotatable bonds is 3. The van der Waals surface area contributed by atoms with Crippen molar-refractivity contribution in [3.63, 3.8) is 0 Å². The fourth-order valence-electron chi connectivity index (χ4n) is 2.48. The van der Waals surface area contributed by atoms with Crippen LogP contribution in [0, 0.1) is 5.92 Å². The van der Waals surface area contributed by atoms with Gasteiger partial charge in [-0.1, -0.05) is 13.8 Å². The van der Waals surface area contributed by atoms with Gasteiger partial charge in [0.2, 0.25) is 5.91 Å². The van der Waals surface area contributed by atoms with E-state index in [2.05, 4.69) is 17.6 Å². The van der Waals surface area contributed by atoms with Gasteiger partial charge in [-0.2, -0.15) is 0 Å². The predicted molar refractivity (Wildman–Crippen MR) is 71.9 cm³/mol. The first-order valence-electron chi connectivity index (χ1n) is 7.06. The molecule has 0 saturated carbocycles. The lowest BCUT2D eigenvalue weighted by Gasteiger charge is -2.10. The molecule has 1 amide bonds. The highest BCUT2D eigenvalue weighted by Gasteiger charge is 2.24. The van der Waals surface area contributed by atoms with E-state index < -0.39 is 0 Å². The summed E-state index contributed by atoms with van der Waals surface area (Å²) in [6, 6.07) is 0.532. The van der Waals surface area contributed by atoms with Gasteiger partial charge in [-0.25, -0.2) is 4.39 Å². The zero-order chi connectivity index (χ0) is 13.5. The molecular formula is C14H25FN2O. The molecule has 0 aromatic heterocycles. The molecule has 3 nitrogen and oxygen atoms in total. The summed E-state index contributed by atoms with van der Waals surface area (Å²) in [6.07, 6.45) is 2.89. The maximum Gasteiger partial charge on any atom is 0.249 e. The summed E-state index contributed by atoms with van der Waals surface area (Å²) in [5, 5.41) is 6.17. The lowest BCUT2D eigenvalue weighted by molar-refractivity contribution is -0.117. The van der Waals surface area contributed by atoms with Crippen LogP contribution in [-0.2, 0) is 4.79 Å². The van der Waals surface area contributed by atoms with Crippen LogP contribution in [-0.4, -0.2) is 25.0 Å². The van der Waals surface area contributed by atoms with E-state index in [0.29, 0.717) is 36.9 Å². The molecule has 1 saturated heterocycles. The largest absolute Gasteiger partial charge is 0.352 e. The van der Waals surface area contributed by atoms with E-state index in [4.69, 9.17) is 0 Å². The number of halogens is 1. The second-order valence-electron chi connectivity index (χ2n) is 4.86. The Labute approximate surface area is 109 Å². The molecule has 0 radical (unpaired) electrons. The van der Waals surface area contributed by atoms with Crippen LogP contribution in [0.25, 0.3) is 0 Å². The predicted octanol–water partition coefficient (Wildman–Crippen LogP) is 2.53. The number of allylic oxidation sites excluding steroid dienone is 1. The molecule has 4 heteroatoms. The van der Waals surface area contributed by atoms with Gasteiger partial charge in [0.15, 0.2) is 0 Å². The Hall–Kier alpha value is -0.900. The molecule has 0 aromatic rings. The molecule has 2 rings (SSSR count). The Morgan fingerprint density at radius 1 is 1.44 bits per heavy atom. The zero-order valence-corrected chi connectivity index (χ0v) is 11.7. The third kappa shape index (κ3) is 4.09. The minimum atomic E-state index is -0.213. The van der Waals surface area contributed by atoms with Crippen LogP contribution in [0.15, 0.2) is 11.4 Å². The van der Waals surface area contributed by atoms with Crippen molar-refractivity contribution in [2.24, 2.45) is 5.92 Å². The fourth-order valence-corrected chi connectivity index (χ4v) is 2.48. The van der Waals surface area contributed by atoms with Crippen molar-refractivity contribution in [1.82, 2.24) is 10.6 Å². The third-order valence-corrected chi connectivity index (χ3v) is 3.42. The van der Waals surface area contributed by atoms with Crippen LogP contribution in [0.3, 0.4) is 0 Å². The summed E-state index contributed by atoms with van der Waals surface area (Å²) >= 11 is 0. The van der Waals surface area contributed by atoms with Crippen LogP contribution in [0.4, 0.5) is 4.39 Å². The second-order valence-corrected chi connectivity index (χ2v) is 4.86. The molecule has 1 fully saturated rings. The number of nitrogens with one attached hydrogen (secondary N) is 2. The Kier molecular flexibility index (Phi) is 6.33. The van der Waals surface area contributed by atoms with Crippen molar-refractivity contribution in [3.05, 3.63) is 11.4 Å². The minimum absolute atomic E-state index is 0.199. The van der Waals surface area contributed by atoms with Crippen LogP contribution < -0.4 is 10.6 Å². The number of hydrogen-bond acceptors (Lipinski definition) is 2. The molecule has 1 aliphatic carbocycles. The van der Waals surface area contributed by atoms with Crippen LogP contribution >= 0.6 is 0 Å². The molecule has 1 aliphatic heterocycles. The molecule has 18 heavy (non-hydrogen) atoms. The number of carbonyl (C=O) groups is 1. The fraction of sp³-hybridized carbons (Fsp3) is 0.786. The molecule has 1 heterocycles. The molecular weight excluding hydrogens is 231 g/mol. The van der Waals surface area contributed by atoms with Crippen molar-refractivity contribution >= 4 is 5.91 Å². The maximum atomic E-state index is 13.2. The smallest absolute Gasteiger partial charge is 0.249 e. The summed E-state index contributed by atoms with van der Waals surface area (Å²) in [5.74, 6) is 0.0778. The summed E-state index contributed by atoms with van der Waals surface area (Å²) in [6.45, 7) is 7.75. The van der Waals surface area contributed by atoms with Gasteiger partial charge in [0, 0.05) is 18.2 Å². The van der Waals surface area contributed by atoms with E-state index in [9.17, 15) is 9.18 Å². The average molecular weight is 256 g/mol. The normalized spacial score (nSPS) is 26.9. The molecule has 0 aromatic carbocycles. The van der Waals surface area contributed by atoms with Crippen LogP contribution in [0.2, 0.25) is 0 Å². The first kappa shape index (κ1) is 15.2. The molecule has 2 aliphatic rings. The summed E-state index contributed by atoms with van der Waals surface area (Å²) in [5.41, 5.74) is 0.374. The second kappa shape index (κ2) is 7.52. The Morgan fingerprint density at radius 3 is 2.67 bits per heavy atom. The quantitative estimate of drug-likeness (QED) is 0.814. The van der Waals surface area contributed by atoms with E-state index in [-0.39, 0.29) is 11.7 Å². The summed E-state index contributed by atoms with van der Waals surface area (Å²) in [7, 11) is 0. The van der Waals surface area contributed by atoms with Crippen molar-refractivity contribution in [2.75, 3.05) is 13.1 Å². The van der Waals surface area contributed by atoms with Crippen molar-refractivity contribution < 1.29 is 9.18 Å². The number of carbonyl (C=O) groups excluding carboxylic acids is 1. The molecule has 2 unspecified atom stereocenters. The Bertz CT molecular complexity index is 315. The van der Waals surface area contributed by atoms with Crippen LogP contribution in [0.1, 0.15) is 46.5 Å². The molecule has 0 bridgehead atoms. The molecule has 0 spiro atoms. The Morgan fingerprint density at radius 2 is 2.17 bits per heavy atom. The average Bonchev–Trinajstić information content (AvgIpc) is 2.98. The summed E-state index contributed by atoms with van der Waals surface area (Å²) < 4.78 is 13.2. The molecule has 104 valence electrons. The first-order chi connectivity index (χ1) is 8.66. The lowest BCUT2D eigenvalue weighted by atomic mass is 10.1. The van der Waals surface area contributed by atoms with E-state index in [1.807, 2.05) is 13.8 Å².